The number of carbonyl (C=O) groups excluding carboxylic acids is 2. The number of amidine groups is 1. The fourth-order valence-corrected chi connectivity index (χ4v) is 6.66. The van der Waals surface area contributed by atoms with Crippen molar-refractivity contribution in [3.8, 4) is 0 Å². The van der Waals surface area contributed by atoms with Crippen LogP contribution in [0, 0.1) is 22.9 Å². The number of carboxylic acid groups (broad SMARTS) is 1. The van der Waals surface area contributed by atoms with E-state index in [4.69, 9.17) is 4.74 Å². The van der Waals surface area contributed by atoms with Gasteiger partial charge in [-0.15, -0.1) is 11.3 Å². The molecule has 17 heteroatoms. The molecule has 0 spiro atoms. The first-order valence-corrected chi connectivity index (χ1v) is 15.6. The van der Waals surface area contributed by atoms with Gasteiger partial charge in [0.15, 0.2) is 28.3 Å². The molecule has 254 valence electrons. The number of fused-ring (bicyclic) bond motifs is 1. The summed E-state index contributed by atoms with van der Waals surface area (Å²) in [6.45, 7) is 4.09. The largest absolute Gasteiger partial charge is 0.481 e. The van der Waals surface area contributed by atoms with Crippen molar-refractivity contribution in [3.63, 3.8) is 0 Å². The first-order valence-electron chi connectivity index (χ1n) is 14.8. The lowest BCUT2D eigenvalue weighted by Crippen LogP contribution is -2.52. The minimum Gasteiger partial charge on any atom is -0.481 e. The zero-order chi connectivity index (χ0) is 34.4. The van der Waals surface area contributed by atoms with E-state index in [2.05, 4.69) is 15.3 Å². The van der Waals surface area contributed by atoms with Gasteiger partial charge >= 0.3 is 11.9 Å². The molecule has 5 rings (SSSR count). The number of thiazole rings is 1. The number of amides is 1. The summed E-state index contributed by atoms with van der Waals surface area (Å²) in [5.74, 6) is -10.8. The molecule has 4 heterocycles. The van der Waals surface area contributed by atoms with Crippen molar-refractivity contribution in [1.29, 1.82) is 0 Å². The van der Waals surface area contributed by atoms with E-state index in [1.54, 1.807) is 5.38 Å². The molecule has 0 aliphatic carbocycles. The molecule has 47 heavy (non-hydrogen) atoms. The molecule has 3 aliphatic rings. The quantitative estimate of drug-likeness (QED) is 0.219. The van der Waals surface area contributed by atoms with Crippen molar-refractivity contribution >= 4 is 35.0 Å². The highest BCUT2D eigenvalue weighted by atomic mass is 32.1. The maximum absolute atomic E-state index is 15.9. The smallest absolute Gasteiger partial charge is 0.338 e. The monoisotopic (exact) mass is 684 g/mol. The van der Waals surface area contributed by atoms with Crippen molar-refractivity contribution < 1.29 is 46.2 Å². The third kappa shape index (κ3) is 6.47. The first-order chi connectivity index (χ1) is 22.1. The van der Waals surface area contributed by atoms with Crippen LogP contribution in [0.1, 0.15) is 50.7 Å². The fourth-order valence-electron chi connectivity index (χ4n) is 6.07. The lowest BCUT2D eigenvalue weighted by Gasteiger charge is -2.35. The van der Waals surface area contributed by atoms with Gasteiger partial charge in [-0.2, -0.15) is 0 Å². The summed E-state index contributed by atoms with van der Waals surface area (Å²) in [6.07, 6.45) is 1.43. The van der Waals surface area contributed by atoms with E-state index in [1.165, 1.54) is 48.8 Å². The summed E-state index contributed by atoms with van der Waals surface area (Å²) in [4.78, 5) is 47.8. The first kappa shape index (κ1) is 34.4. The molecule has 2 N–H and O–H groups in total. The Hall–Kier alpha value is -3.96. The maximum Gasteiger partial charge on any atom is 0.338 e. The second-order valence-electron chi connectivity index (χ2n) is 12.1. The molecule has 1 unspecified atom stereocenters. The van der Waals surface area contributed by atoms with Crippen LogP contribution in [-0.2, 0) is 19.1 Å². The highest BCUT2D eigenvalue weighted by molar-refractivity contribution is 7.11. The maximum atomic E-state index is 15.9. The van der Waals surface area contributed by atoms with Gasteiger partial charge in [-0.1, -0.05) is 6.07 Å². The summed E-state index contributed by atoms with van der Waals surface area (Å²) >= 11 is 1.13. The summed E-state index contributed by atoms with van der Waals surface area (Å²) in [5.41, 5.74) is -2.05. The zero-order valence-electron chi connectivity index (χ0n) is 25.9. The molecule has 1 amide bonds. The van der Waals surface area contributed by atoms with E-state index < -0.39 is 76.9 Å². The Morgan fingerprint density at radius 2 is 1.91 bits per heavy atom. The SMILES string of the molecule is CCOC(=O)C1=C(CN2CC(F)(F)[C@H]3[C@@H]2CN(C(C)=O)N3CCC(C)(C)C(=O)O)NC(c2nccs2)=NC1c1ccc(F)c(F)c1F. The Balaban J connectivity index is 1.57. The number of aromatic nitrogens is 1. The molecule has 0 radical (unpaired) electrons. The molecule has 0 bridgehead atoms. The number of carbonyl (C=O) groups is 3. The second kappa shape index (κ2) is 12.9. The van der Waals surface area contributed by atoms with Crippen molar-refractivity contribution in [1.82, 2.24) is 25.2 Å². The van der Waals surface area contributed by atoms with Crippen molar-refractivity contribution in [2.45, 2.75) is 58.2 Å². The normalized spacial score (nSPS) is 23.0. The van der Waals surface area contributed by atoms with Crippen LogP contribution in [-0.4, -0.2) is 99.5 Å². The Morgan fingerprint density at radius 3 is 2.53 bits per heavy atom. The standard InChI is InChI=1S/C30H33F5N6O5S/c1-5-46-27(43)20-18(37-25(26-36-9-11-47-26)38-23(20)16-6-7-17(31)22(33)21(16)32)12-39-14-30(34,35)24-19(39)13-41(15(2)42)40(24)10-8-29(3,4)28(44)45/h6-7,9,11,19,23-24H,5,8,10,12-14H2,1-4H3,(H,37,38)(H,44,45)/t19-,23?,24+/m0/s1. The van der Waals surface area contributed by atoms with Crippen molar-refractivity contribution in [3.05, 3.63) is 63.0 Å². The molecule has 2 saturated heterocycles. The van der Waals surface area contributed by atoms with Crippen molar-refractivity contribution in [2.24, 2.45) is 10.4 Å². The van der Waals surface area contributed by atoms with Gasteiger partial charge in [-0.3, -0.25) is 24.5 Å². The van der Waals surface area contributed by atoms with Gasteiger partial charge in [0.2, 0.25) is 5.91 Å². The fraction of sp³-hybridized carbons (Fsp3) is 0.500. The van der Waals surface area contributed by atoms with Crippen LogP contribution in [0.2, 0.25) is 0 Å². The molecule has 11 nitrogen and oxygen atoms in total. The van der Waals surface area contributed by atoms with Gasteiger partial charge < -0.3 is 15.2 Å². The highest BCUT2D eigenvalue weighted by Gasteiger charge is 2.62. The van der Waals surface area contributed by atoms with Gasteiger partial charge in [-0.05, 0) is 33.3 Å². The lowest BCUT2D eigenvalue weighted by atomic mass is 9.89. The number of halogens is 5. The van der Waals surface area contributed by atoms with Gasteiger partial charge in [0, 0.05) is 42.9 Å². The van der Waals surface area contributed by atoms with Crippen LogP contribution in [0.5, 0.6) is 0 Å². The molecule has 0 saturated carbocycles. The Labute approximate surface area is 270 Å². The predicted molar refractivity (Wildman–Crippen MR) is 159 cm³/mol. The third-order valence-electron chi connectivity index (χ3n) is 8.56. The van der Waals surface area contributed by atoms with Gasteiger partial charge in [0.05, 0.1) is 36.7 Å². The van der Waals surface area contributed by atoms with Crippen LogP contribution >= 0.6 is 11.3 Å². The Morgan fingerprint density at radius 1 is 1.19 bits per heavy atom. The molecular formula is C30H33F5N6O5S. The lowest BCUT2D eigenvalue weighted by molar-refractivity contribution is -0.156. The summed E-state index contributed by atoms with van der Waals surface area (Å²) in [5, 5.41) is 16.8. The van der Waals surface area contributed by atoms with Crippen LogP contribution in [0.15, 0.2) is 40.0 Å². The van der Waals surface area contributed by atoms with E-state index in [9.17, 15) is 28.3 Å². The van der Waals surface area contributed by atoms with Crippen molar-refractivity contribution in [2.75, 3.05) is 32.8 Å². The number of nitrogens with zero attached hydrogens (tertiary/aromatic N) is 5. The van der Waals surface area contributed by atoms with Crippen LogP contribution < -0.4 is 5.32 Å². The number of hydrogen-bond acceptors (Lipinski definition) is 10. The second-order valence-corrected chi connectivity index (χ2v) is 13.0. The highest BCUT2D eigenvalue weighted by Crippen LogP contribution is 2.43. The number of ether oxygens (including phenoxy) is 1. The molecule has 1 aromatic heterocycles. The Bertz CT molecular complexity index is 1630. The Kier molecular flexibility index (Phi) is 9.45. The average Bonchev–Trinajstić information content (AvgIpc) is 3.72. The predicted octanol–water partition coefficient (Wildman–Crippen LogP) is 3.74. The summed E-state index contributed by atoms with van der Waals surface area (Å²) in [6, 6.07) is -2.41. The van der Waals surface area contributed by atoms with Crippen LogP contribution in [0.3, 0.4) is 0 Å². The number of esters is 1. The number of aliphatic carboxylic acids is 1. The summed E-state index contributed by atoms with van der Waals surface area (Å²) < 4.78 is 80.6. The van der Waals surface area contributed by atoms with E-state index in [-0.39, 0.29) is 49.8 Å². The van der Waals surface area contributed by atoms with Crippen LogP contribution in [0.25, 0.3) is 0 Å². The number of alkyl halides is 2. The minimum absolute atomic E-state index is 0.00549. The molecule has 3 atom stereocenters. The van der Waals surface area contributed by atoms with E-state index in [1.807, 2.05) is 0 Å². The molecule has 1 aromatic carbocycles. The molecule has 2 fully saturated rings. The average molecular weight is 685 g/mol. The summed E-state index contributed by atoms with van der Waals surface area (Å²) in [7, 11) is 0. The van der Waals surface area contributed by atoms with Gasteiger partial charge in [0.25, 0.3) is 5.92 Å². The number of rotatable bonds is 10. The number of hydrogen-bond donors (Lipinski definition) is 2. The van der Waals surface area contributed by atoms with Crippen LogP contribution in [0.4, 0.5) is 22.0 Å². The number of aliphatic imine (C=N–C) groups is 1. The molecule has 2 aromatic rings. The molecular weight excluding hydrogens is 651 g/mol. The molecule has 3 aliphatic heterocycles. The number of nitrogens with one attached hydrogen (secondary N) is 1. The minimum atomic E-state index is -3.39. The number of likely N-dealkylation sites (tertiary alicyclic amines) is 1. The van der Waals surface area contributed by atoms with E-state index >= 15 is 13.2 Å². The van der Waals surface area contributed by atoms with Gasteiger partial charge in [0.1, 0.15) is 12.1 Å². The number of carboxylic acids is 1. The number of hydrazine groups is 1. The number of benzene rings is 1. The third-order valence-corrected chi connectivity index (χ3v) is 9.34. The zero-order valence-corrected chi connectivity index (χ0v) is 26.7. The van der Waals surface area contributed by atoms with Gasteiger partial charge in [-0.25, -0.2) is 36.7 Å². The van der Waals surface area contributed by atoms with E-state index in [0.29, 0.717) is 11.1 Å². The van der Waals surface area contributed by atoms with E-state index in [0.717, 1.165) is 17.4 Å². The topological polar surface area (TPSA) is 128 Å².